The van der Waals surface area contributed by atoms with Crippen LogP contribution in [0.25, 0.3) is 33.4 Å². The van der Waals surface area contributed by atoms with Gasteiger partial charge < -0.3 is 29.8 Å². The van der Waals surface area contributed by atoms with Crippen molar-refractivity contribution >= 4 is 34.7 Å². The fourth-order valence-electron chi connectivity index (χ4n) is 9.79. The first kappa shape index (κ1) is 43.5. The van der Waals surface area contributed by atoms with Gasteiger partial charge in [0.25, 0.3) is 0 Å². The van der Waals surface area contributed by atoms with Crippen molar-refractivity contribution in [2.45, 2.75) is 120 Å². The number of urea groups is 1. The van der Waals surface area contributed by atoms with Gasteiger partial charge in [0.15, 0.2) is 0 Å². The monoisotopic (exact) mass is 880 g/mol. The summed E-state index contributed by atoms with van der Waals surface area (Å²) < 4.78 is 12.7. The molecule has 3 aromatic heterocycles. The number of carbonyl (C=O) groups is 2. The maximum absolute atomic E-state index is 12.4. The summed E-state index contributed by atoms with van der Waals surface area (Å²) in [6.45, 7) is 2.78. The SMILES string of the molecule is N=c1c2c(-c3ccccc3)c(-c3ccccc3)n(Cc3ccccc3)c2ncn1C1CCC(OCCCc2cn(CCCCNC(=O)CCCC[C@@H]3SC[C@@H]4NC(=O)N[C@@H]43)nn2)CC1. The first-order valence-corrected chi connectivity index (χ1v) is 24.3. The predicted octanol–water partition coefficient (Wildman–Crippen LogP) is 8.05. The summed E-state index contributed by atoms with van der Waals surface area (Å²) in [7, 11) is 0. The number of hydrogen-bond acceptors (Lipinski definition) is 8. The number of benzene rings is 3. The highest BCUT2D eigenvalue weighted by Crippen LogP contribution is 2.40. The highest BCUT2D eigenvalue weighted by Gasteiger charge is 2.42. The number of thioether (sulfide) groups is 1. The van der Waals surface area contributed by atoms with E-state index in [-0.39, 0.29) is 36.2 Å². The molecule has 3 atom stereocenters. The second-order valence-corrected chi connectivity index (χ2v) is 18.8. The highest BCUT2D eigenvalue weighted by molar-refractivity contribution is 8.00. The largest absolute Gasteiger partial charge is 0.378 e. The molecule has 0 spiro atoms. The zero-order chi connectivity index (χ0) is 43.7. The Kier molecular flexibility index (Phi) is 14.2. The highest BCUT2D eigenvalue weighted by atomic mass is 32.2. The number of aromatic nitrogens is 6. The van der Waals surface area contributed by atoms with E-state index in [9.17, 15) is 15.0 Å². The molecule has 6 aromatic rings. The minimum atomic E-state index is -0.0494. The summed E-state index contributed by atoms with van der Waals surface area (Å²) in [5.74, 6) is 1.08. The van der Waals surface area contributed by atoms with Gasteiger partial charge in [0.1, 0.15) is 11.1 Å². The molecule has 0 bridgehead atoms. The smallest absolute Gasteiger partial charge is 0.315 e. The minimum absolute atomic E-state index is 0.0494. The summed E-state index contributed by atoms with van der Waals surface area (Å²) in [5.41, 5.74) is 7.83. The zero-order valence-corrected chi connectivity index (χ0v) is 37.4. The molecule has 9 rings (SSSR count). The van der Waals surface area contributed by atoms with Crippen LogP contribution in [0.1, 0.15) is 87.9 Å². The van der Waals surface area contributed by atoms with Crippen molar-refractivity contribution < 1.29 is 14.3 Å². The Bertz CT molecular complexity index is 2530. The van der Waals surface area contributed by atoms with Crippen molar-refractivity contribution in [3.05, 3.63) is 120 Å². The number of unbranched alkanes of at least 4 members (excludes halogenated alkanes) is 2. The lowest BCUT2D eigenvalue weighted by Gasteiger charge is -2.30. The minimum Gasteiger partial charge on any atom is -0.378 e. The molecule has 3 aromatic carbocycles. The topological polar surface area (TPSA) is 157 Å². The first-order valence-electron chi connectivity index (χ1n) is 23.3. The molecule has 3 fully saturated rings. The second-order valence-electron chi connectivity index (χ2n) is 17.5. The second kappa shape index (κ2) is 20.8. The van der Waals surface area contributed by atoms with Crippen molar-refractivity contribution in [2.75, 3.05) is 18.9 Å². The number of hydrogen-bond donors (Lipinski definition) is 4. The molecule has 1 saturated carbocycles. The molecule has 64 heavy (non-hydrogen) atoms. The average Bonchev–Trinajstić information content (AvgIpc) is 4.11. The molecule has 2 saturated heterocycles. The fraction of sp³-hybridized carbons (Fsp3) is 0.440. The molecule has 5 heterocycles. The van der Waals surface area contributed by atoms with E-state index >= 15 is 0 Å². The lowest BCUT2D eigenvalue weighted by atomic mass is 9.92. The van der Waals surface area contributed by atoms with Gasteiger partial charge in [-0.1, -0.05) is 103 Å². The van der Waals surface area contributed by atoms with E-state index in [0.717, 1.165) is 122 Å². The average molecular weight is 881 g/mol. The van der Waals surface area contributed by atoms with Gasteiger partial charge in [0.05, 0.1) is 41.3 Å². The van der Waals surface area contributed by atoms with E-state index in [2.05, 4.69) is 108 Å². The van der Waals surface area contributed by atoms with Crippen LogP contribution in [0, 0.1) is 5.41 Å². The van der Waals surface area contributed by atoms with Gasteiger partial charge in [-0.3, -0.25) is 14.9 Å². The molecular formula is C50H60N10O3S. The van der Waals surface area contributed by atoms with Crippen LogP contribution in [-0.2, 0) is 29.0 Å². The number of amides is 3. The lowest BCUT2D eigenvalue weighted by molar-refractivity contribution is -0.121. The Morgan fingerprint density at radius 2 is 1.62 bits per heavy atom. The summed E-state index contributed by atoms with van der Waals surface area (Å²) >= 11 is 1.92. The van der Waals surface area contributed by atoms with Crippen molar-refractivity contribution in [2.24, 2.45) is 0 Å². The van der Waals surface area contributed by atoms with Crippen molar-refractivity contribution in [3.8, 4) is 22.4 Å². The van der Waals surface area contributed by atoms with Gasteiger partial charge in [-0.05, 0) is 80.9 Å². The van der Waals surface area contributed by atoms with Crippen molar-refractivity contribution in [3.63, 3.8) is 0 Å². The standard InChI is InChI=1S/C50H60N10O3S/c51-48-45-44(36-17-6-2-7-18-36)47(37-19-8-3-9-20-37)59(31-35-15-4-1-5-16-35)49(45)53-34-60(48)39-24-26-40(27-25-39)63-30-14-21-38-32-58(57-56-38)29-13-12-28-52-43(61)23-11-10-22-42-46-41(33-64-42)54-50(62)55-46/h1-9,15-20,32,34,39-42,46,51H,10-14,21-31,33H2,(H,52,61)(H2,54,55,62)/t39?,40?,41-,42-,46-/m0/s1. The number of fused-ring (bicyclic) bond motifs is 2. The molecule has 4 N–H and O–H groups in total. The normalized spacial score (nSPS) is 20.6. The molecule has 1 aliphatic carbocycles. The van der Waals surface area contributed by atoms with Gasteiger partial charge in [0, 0.05) is 61.5 Å². The van der Waals surface area contributed by atoms with Gasteiger partial charge in [-0.25, -0.2) is 9.78 Å². The van der Waals surface area contributed by atoms with Crippen LogP contribution in [0.3, 0.4) is 0 Å². The zero-order valence-electron chi connectivity index (χ0n) is 36.5. The summed E-state index contributed by atoms with van der Waals surface area (Å²) in [4.78, 5) is 29.1. The van der Waals surface area contributed by atoms with E-state index in [1.165, 1.54) is 5.56 Å². The van der Waals surface area contributed by atoms with Crippen LogP contribution in [0.5, 0.6) is 0 Å². The van der Waals surface area contributed by atoms with E-state index in [0.29, 0.717) is 36.9 Å². The molecule has 3 aliphatic rings. The third kappa shape index (κ3) is 10.3. The van der Waals surface area contributed by atoms with E-state index < -0.39 is 0 Å². The Morgan fingerprint density at radius 3 is 2.41 bits per heavy atom. The molecule has 0 unspecified atom stereocenters. The summed E-state index contributed by atoms with van der Waals surface area (Å²) in [5, 5.41) is 28.9. The van der Waals surface area contributed by atoms with Crippen LogP contribution in [-0.4, -0.2) is 83.4 Å². The van der Waals surface area contributed by atoms with Crippen LogP contribution >= 0.6 is 11.8 Å². The van der Waals surface area contributed by atoms with Crippen molar-refractivity contribution in [1.82, 2.24) is 45.1 Å². The third-order valence-corrected chi connectivity index (χ3v) is 14.6. The molecular weight excluding hydrogens is 821 g/mol. The Labute approximate surface area is 379 Å². The maximum atomic E-state index is 12.4. The Morgan fingerprint density at radius 1 is 0.875 bits per heavy atom. The molecule has 13 nitrogen and oxygen atoms in total. The number of rotatable bonds is 20. The predicted molar refractivity (Wildman–Crippen MR) is 252 cm³/mol. The Balaban J connectivity index is 0.721. The van der Waals surface area contributed by atoms with Crippen molar-refractivity contribution in [1.29, 1.82) is 5.41 Å². The maximum Gasteiger partial charge on any atom is 0.315 e. The molecule has 3 amide bonds. The Hall–Kier alpha value is -5.73. The van der Waals surface area contributed by atoms with Crippen LogP contribution in [0.2, 0.25) is 0 Å². The van der Waals surface area contributed by atoms with E-state index in [4.69, 9.17) is 9.72 Å². The van der Waals surface area contributed by atoms with E-state index in [1.54, 1.807) is 0 Å². The first-order chi connectivity index (χ1) is 31.5. The van der Waals surface area contributed by atoms with E-state index in [1.807, 2.05) is 47.2 Å². The summed E-state index contributed by atoms with van der Waals surface area (Å²) in [6, 6.07) is 32.1. The fourth-order valence-corrected chi connectivity index (χ4v) is 11.3. The van der Waals surface area contributed by atoms with Crippen LogP contribution in [0.4, 0.5) is 4.79 Å². The van der Waals surface area contributed by atoms with Crippen LogP contribution < -0.4 is 21.4 Å². The van der Waals surface area contributed by atoms with Gasteiger partial charge in [-0.2, -0.15) is 11.8 Å². The van der Waals surface area contributed by atoms with Crippen LogP contribution in [0.15, 0.2) is 104 Å². The molecule has 14 heteroatoms. The van der Waals surface area contributed by atoms with Gasteiger partial charge in [-0.15, -0.1) is 5.10 Å². The quantitative estimate of drug-likeness (QED) is 0.0447. The number of aryl methyl sites for hydroxylation is 2. The molecule has 0 radical (unpaired) electrons. The number of ether oxygens (including phenoxy) is 1. The molecule has 334 valence electrons. The molecule has 2 aliphatic heterocycles. The number of carbonyl (C=O) groups excluding carboxylic acids is 2. The summed E-state index contributed by atoms with van der Waals surface area (Å²) in [6.07, 6.45) is 14.9. The third-order valence-electron chi connectivity index (χ3n) is 13.1. The lowest BCUT2D eigenvalue weighted by Crippen LogP contribution is -2.36. The van der Waals surface area contributed by atoms with Gasteiger partial charge >= 0.3 is 6.03 Å². The number of nitrogens with zero attached hydrogens (tertiary/aromatic N) is 6. The van der Waals surface area contributed by atoms with Gasteiger partial charge in [0.2, 0.25) is 5.91 Å². The number of nitrogens with one attached hydrogen (secondary N) is 4.